The Morgan fingerprint density at radius 2 is 1.93 bits per heavy atom. The molecule has 0 radical (unpaired) electrons. The van der Waals surface area contributed by atoms with Crippen molar-refractivity contribution in [3.63, 3.8) is 0 Å². The third-order valence-corrected chi connectivity index (χ3v) is 4.10. The molecule has 14 heavy (non-hydrogen) atoms. The Balaban J connectivity index is 3.75. The monoisotopic (exact) mass is 223 g/mol. The summed E-state index contributed by atoms with van der Waals surface area (Å²) in [5.41, 5.74) is 0. The first-order valence-electron chi connectivity index (χ1n) is 4.89. The van der Waals surface area contributed by atoms with Crippen molar-refractivity contribution < 1.29 is 13.2 Å². The fourth-order valence-corrected chi connectivity index (χ4v) is 1.67. The molecule has 0 aliphatic rings. The van der Waals surface area contributed by atoms with Gasteiger partial charge < -0.3 is 10.1 Å². The molecule has 0 saturated carbocycles. The molecular weight excluding hydrogens is 202 g/mol. The van der Waals surface area contributed by atoms with Crippen LogP contribution in [0.15, 0.2) is 0 Å². The number of hydrogen-bond acceptors (Lipinski definition) is 4. The van der Waals surface area contributed by atoms with Gasteiger partial charge in [0.2, 0.25) is 0 Å². The molecule has 4 nitrogen and oxygen atoms in total. The predicted octanol–water partition coefficient (Wildman–Crippen LogP) is 0.434. The molecule has 5 heteroatoms. The van der Waals surface area contributed by atoms with Crippen molar-refractivity contribution in [2.75, 3.05) is 25.2 Å². The van der Waals surface area contributed by atoms with Gasteiger partial charge in [0.05, 0.1) is 11.9 Å². The van der Waals surface area contributed by atoms with Crippen molar-refractivity contribution in [2.45, 2.75) is 32.9 Å². The van der Waals surface area contributed by atoms with Crippen LogP contribution < -0.4 is 5.32 Å². The van der Waals surface area contributed by atoms with Crippen LogP contribution in [0.2, 0.25) is 0 Å². The second kappa shape index (κ2) is 6.37. The summed E-state index contributed by atoms with van der Waals surface area (Å²) >= 11 is 0. The van der Waals surface area contributed by atoms with Gasteiger partial charge in [0.1, 0.15) is 0 Å². The zero-order chi connectivity index (χ0) is 11.2. The molecule has 2 atom stereocenters. The zero-order valence-corrected chi connectivity index (χ0v) is 10.2. The Hall–Kier alpha value is -0.130. The van der Waals surface area contributed by atoms with Gasteiger partial charge in [-0.15, -0.1) is 0 Å². The average molecular weight is 223 g/mol. The number of ether oxygens (including phenoxy) is 1. The third kappa shape index (κ3) is 5.57. The summed E-state index contributed by atoms with van der Waals surface area (Å²) in [7, 11) is -1.21. The fourth-order valence-electron chi connectivity index (χ4n) is 0.957. The summed E-state index contributed by atoms with van der Waals surface area (Å²) in [4.78, 5) is 0. The van der Waals surface area contributed by atoms with E-state index < -0.39 is 9.84 Å². The summed E-state index contributed by atoms with van der Waals surface area (Å²) in [5, 5.41) is 3.12. The molecule has 0 spiro atoms. The highest BCUT2D eigenvalue weighted by atomic mass is 32.2. The number of nitrogens with one attached hydrogen (secondary N) is 1. The molecule has 0 fully saturated rings. The van der Waals surface area contributed by atoms with E-state index in [1.54, 1.807) is 14.0 Å². The zero-order valence-electron chi connectivity index (χ0n) is 9.41. The van der Waals surface area contributed by atoms with E-state index >= 15 is 0 Å². The van der Waals surface area contributed by atoms with Crippen LogP contribution in [-0.2, 0) is 14.6 Å². The molecule has 86 valence electrons. The highest BCUT2D eigenvalue weighted by molar-refractivity contribution is 7.91. The van der Waals surface area contributed by atoms with Gasteiger partial charge in [-0.25, -0.2) is 8.42 Å². The molecule has 0 aromatic rings. The molecule has 0 amide bonds. The highest BCUT2D eigenvalue weighted by Crippen LogP contribution is 1.96. The lowest BCUT2D eigenvalue weighted by molar-refractivity contribution is 0.0895. The first-order chi connectivity index (χ1) is 6.43. The molecule has 0 aliphatic carbocycles. The van der Waals surface area contributed by atoms with Crippen LogP contribution in [0.3, 0.4) is 0 Å². The van der Waals surface area contributed by atoms with Gasteiger partial charge >= 0.3 is 0 Å². The lowest BCUT2D eigenvalue weighted by Crippen LogP contribution is -2.39. The number of hydrogen-bond donors (Lipinski definition) is 1. The van der Waals surface area contributed by atoms with Crippen molar-refractivity contribution in [1.29, 1.82) is 0 Å². The van der Waals surface area contributed by atoms with Crippen LogP contribution >= 0.6 is 0 Å². The number of rotatable bonds is 7. The molecule has 0 heterocycles. The van der Waals surface area contributed by atoms with Crippen LogP contribution in [0.25, 0.3) is 0 Å². The van der Waals surface area contributed by atoms with E-state index in [9.17, 15) is 8.42 Å². The van der Waals surface area contributed by atoms with E-state index in [-0.39, 0.29) is 23.7 Å². The molecule has 0 saturated heterocycles. The van der Waals surface area contributed by atoms with Crippen molar-refractivity contribution in [1.82, 2.24) is 5.32 Å². The summed E-state index contributed by atoms with van der Waals surface area (Å²) in [6, 6.07) is 0.173. The van der Waals surface area contributed by atoms with Crippen LogP contribution in [0.1, 0.15) is 20.8 Å². The SMILES string of the molecule is CCS(=O)(=O)CCNC(C)C(C)OC. The Morgan fingerprint density at radius 1 is 1.36 bits per heavy atom. The topological polar surface area (TPSA) is 55.4 Å². The van der Waals surface area contributed by atoms with E-state index in [0.29, 0.717) is 6.54 Å². The predicted molar refractivity (Wildman–Crippen MR) is 58.3 cm³/mol. The Labute approximate surface area is 86.9 Å². The molecule has 0 aliphatic heterocycles. The summed E-state index contributed by atoms with van der Waals surface area (Å²) < 4.78 is 27.4. The van der Waals surface area contributed by atoms with Gasteiger partial charge in [-0.2, -0.15) is 0 Å². The van der Waals surface area contributed by atoms with Gasteiger partial charge in [-0.3, -0.25) is 0 Å². The third-order valence-electron chi connectivity index (χ3n) is 2.40. The van der Waals surface area contributed by atoms with Crippen LogP contribution in [-0.4, -0.2) is 45.7 Å². The summed E-state index contributed by atoms with van der Waals surface area (Å²) in [6.45, 7) is 6.08. The van der Waals surface area contributed by atoms with Gasteiger partial charge in [0, 0.05) is 25.4 Å². The molecule has 0 aromatic carbocycles. The molecule has 0 aromatic heterocycles. The lowest BCUT2D eigenvalue weighted by atomic mass is 10.2. The maximum absolute atomic E-state index is 11.1. The van der Waals surface area contributed by atoms with E-state index in [1.165, 1.54) is 0 Å². The summed E-state index contributed by atoms with van der Waals surface area (Å²) in [5.74, 6) is 0.410. The first kappa shape index (κ1) is 13.9. The van der Waals surface area contributed by atoms with Crippen LogP contribution in [0, 0.1) is 0 Å². The molecule has 0 rings (SSSR count). The molecular formula is C9H21NO3S. The fraction of sp³-hybridized carbons (Fsp3) is 1.00. The van der Waals surface area contributed by atoms with Crippen LogP contribution in [0.5, 0.6) is 0 Å². The smallest absolute Gasteiger partial charge is 0.151 e. The highest BCUT2D eigenvalue weighted by Gasteiger charge is 2.12. The summed E-state index contributed by atoms with van der Waals surface area (Å²) in [6.07, 6.45) is 0.0966. The Bertz CT molecular complexity index is 238. The minimum Gasteiger partial charge on any atom is -0.380 e. The molecule has 0 bridgehead atoms. The quantitative estimate of drug-likeness (QED) is 0.680. The van der Waals surface area contributed by atoms with E-state index in [0.717, 1.165) is 0 Å². The second-order valence-corrected chi connectivity index (χ2v) is 5.89. The standard InChI is InChI=1S/C9H21NO3S/c1-5-14(11,12)7-6-10-8(2)9(3)13-4/h8-10H,5-7H2,1-4H3. The van der Waals surface area contributed by atoms with Gasteiger partial charge in [-0.1, -0.05) is 6.92 Å². The van der Waals surface area contributed by atoms with Gasteiger partial charge in [0.25, 0.3) is 0 Å². The average Bonchev–Trinajstić information content (AvgIpc) is 2.16. The lowest BCUT2D eigenvalue weighted by Gasteiger charge is -2.19. The van der Waals surface area contributed by atoms with Crippen molar-refractivity contribution in [3.05, 3.63) is 0 Å². The van der Waals surface area contributed by atoms with Crippen molar-refractivity contribution >= 4 is 9.84 Å². The van der Waals surface area contributed by atoms with Gasteiger partial charge in [0.15, 0.2) is 9.84 Å². The minimum atomic E-state index is -2.85. The second-order valence-electron chi connectivity index (χ2n) is 3.42. The largest absolute Gasteiger partial charge is 0.380 e. The van der Waals surface area contributed by atoms with Gasteiger partial charge in [-0.05, 0) is 13.8 Å². The maximum atomic E-state index is 11.1. The molecule has 1 N–H and O–H groups in total. The van der Waals surface area contributed by atoms with Crippen LogP contribution in [0.4, 0.5) is 0 Å². The first-order valence-corrected chi connectivity index (χ1v) is 6.71. The maximum Gasteiger partial charge on any atom is 0.151 e. The molecule has 2 unspecified atom stereocenters. The van der Waals surface area contributed by atoms with Crippen molar-refractivity contribution in [2.24, 2.45) is 0 Å². The normalized spacial score (nSPS) is 16.6. The van der Waals surface area contributed by atoms with E-state index in [4.69, 9.17) is 4.74 Å². The number of sulfone groups is 1. The van der Waals surface area contributed by atoms with Crippen molar-refractivity contribution in [3.8, 4) is 0 Å². The van der Waals surface area contributed by atoms with E-state index in [2.05, 4.69) is 5.32 Å². The minimum absolute atomic E-state index is 0.0966. The Morgan fingerprint density at radius 3 is 2.36 bits per heavy atom. The van der Waals surface area contributed by atoms with E-state index in [1.807, 2.05) is 13.8 Å². The number of methoxy groups -OCH3 is 1. The Kier molecular flexibility index (Phi) is 6.31.